The highest BCUT2D eigenvalue weighted by Gasteiger charge is 2.21. The lowest BCUT2D eigenvalue weighted by atomic mass is 10.1. The average Bonchev–Trinajstić information content (AvgIpc) is 2.99. The number of nitrogens with zero attached hydrogens (tertiary/aromatic N) is 5. The van der Waals surface area contributed by atoms with Gasteiger partial charge in [-0.2, -0.15) is 5.10 Å². The Morgan fingerprint density at radius 2 is 2.07 bits per heavy atom. The van der Waals surface area contributed by atoms with Crippen molar-refractivity contribution >= 4 is 29.9 Å². The van der Waals surface area contributed by atoms with Gasteiger partial charge in [0.15, 0.2) is 5.96 Å². The summed E-state index contributed by atoms with van der Waals surface area (Å²) < 4.78 is 2.02. The number of aromatic nitrogens is 3. The predicted molar refractivity (Wildman–Crippen MR) is 118 cm³/mol. The number of aryl methyl sites for hydroxylation is 2. The molecule has 3 heterocycles. The van der Waals surface area contributed by atoms with E-state index < -0.39 is 0 Å². The largest absolute Gasteiger partial charge is 0.393 e. The van der Waals surface area contributed by atoms with Crippen molar-refractivity contribution in [3.8, 4) is 0 Å². The van der Waals surface area contributed by atoms with Crippen molar-refractivity contribution in [3.63, 3.8) is 0 Å². The molecule has 0 radical (unpaired) electrons. The molecule has 1 unspecified atom stereocenters. The van der Waals surface area contributed by atoms with Gasteiger partial charge in [0.25, 0.3) is 0 Å². The first-order chi connectivity index (χ1) is 12.6. The molecule has 27 heavy (non-hydrogen) atoms. The zero-order valence-corrected chi connectivity index (χ0v) is 18.9. The van der Waals surface area contributed by atoms with Gasteiger partial charge in [-0.25, -0.2) is 9.67 Å². The van der Waals surface area contributed by atoms with E-state index in [-0.39, 0.29) is 30.1 Å². The van der Waals surface area contributed by atoms with Crippen LogP contribution in [0.15, 0.2) is 4.99 Å². The predicted octanol–water partition coefficient (Wildman–Crippen LogP) is 0.921. The van der Waals surface area contributed by atoms with E-state index in [1.807, 2.05) is 11.6 Å². The molecule has 1 fully saturated rings. The quantitative estimate of drug-likeness (QED) is 0.237. The van der Waals surface area contributed by atoms with E-state index in [0.717, 1.165) is 89.0 Å². The third-order valence-electron chi connectivity index (χ3n) is 5.11. The van der Waals surface area contributed by atoms with E-state index in [4.69, 9.17) is 4.99 Å². The molecule has 1 saturated heterocycles. The number of aliphatic hydroxyl groups excluding tert-OH is 1. The van der Waals surface area contributed by atoms with E-state index >= 15 is 0 Å². The minimum atomic E-state index is -0.0985. The van der Waals surface area contributed by atoms with E-state index in [1.54, 1.807) is 0 Å². The molecular weight excluding hydrogens is 457 g/mol. The zero-order valence-electron chi connectivity index (χ0n) is 16.5. The van der Waals surface area contributed by atoms with Gasteiger partial charge in [0.1, 0.15) is 11.6 Å². The number of aliphatic hydroxyl groups is 1. The maximum absolute atomic E-state index is 9.57. The highest BCUT2D eigenvalue weighted by Crippen LogP contribution is 2.13. The minimum Gasteiger partial charge on any atom is -0.393 e. The van der Waals surface area contributed by atoms with Gasteiger partial charge in [-0.3, -0.25) is 4.99 Å². The second-order valence-corrected chi connectivity index (χ2v) is 7.32. The summed E-state index contributed by atoms with van der Waals surface area (Å²) in [5, 5.41) is 20.9. The van der Waals surface area contributed by atoms with Crippen LogP contribution in [0, 0.1) is 6.92 Å². The van der Waals surface area contributed by atoms with Crippen molar-refractivity contribution in [2.75, 3.05) is 32.7 Å². The SMILES string of the molecule is CCNC(=NCCCN1CCC(O)CC1)NC1CCc2nc(C)nn2C1.I. The molecule has 2 aliphatic rings. The summed E-state index contributed by atoms with van der Waals surface area (Å²) in [7, 11) is 0. The fraction of sp³-hybridized carbons (Fsp3) is 0.833. The first kappa shape index (κ1) is 22.4. The fourth-order valence-corrected chi connectivity index (χ4v) is 3.69. The Balaban J connectivity index is 0.00000261. The van der Waals surface area contributed by atoms with Crippen LogP contribution < -0.4 is 10.6 Å². The summed E-state index contributed by atoms with van der Waals surface area (Å²) in [6, 6.07) is 0.338. The summed E-state index contributed by atoms with van der Waals surface area (Å²) in [6.07, 6.45) is 4.76. The molecule has 1 aromatic rings. The van der Waals surface area contributed by atoms with Gasteiger partial charge in [0.05, 0.1) is 12.6 Å². The van der Waals surface area contributed by atoms with Gasteiger partial charge in [0.2, 0.25) is 0 Å². The molecule has 0 amide bonds. The molecule has 154 valence electrons. The van der Waals surface area contributed by atoms with Crippen molar-refractivity contribution in [3.05, 3.63) is 11.6 Å². The van der Waals surface area contributed by atoms with Gasteiger partial charge in [-0.05, 0) is 46.1 Å². The summed E-state index contributed by atoms with van der Waals surface area (Å²) in [6.45, 7) is 9.62. The third-order valence-corrected chi connectivity index (χ3v) is 5.11. The molecule has 2 aliphatic heterocycles. The molecule has 1 atom stereocenters. The molecule has 9 heteroatoms. The number of piperidine rings is 1. The number of likely N-dealkylation sites (tertiary alicyclic amines) is 1. The number of aliphatic imine (C=N–C) groups is 1. The molecule has 0 saturated carbocycles. The van der Waals surface area contributed by atoms with E-state index in [0.29, 0.717) is 6.04 Å². The van der Waals surface area contributed by atoms with Crippen molar-refractivity contribution in [2.24, 2.45) is 4.99 Å². The fourth-order valence-electron chi connectivity index (χ4n) is 3.69. The van der Waals surface area contributed by atoms with Crippen LogP contribution in [0.1, 0.15) is 44.3 Å². The lowest BCUT2D eigenvalue weighted by Crippen LogP contribution is -2.47. The minimum absolute atomic E-state index is 0. The van der Waals surface area contributed by atoms with Gasteiger partial charge >= 0.3 is 0 Å². The number of guanidine groups is 1. The Morgan fingerprint density at radius 1 is 1.30 bits per heavy atom. The van der Waals surface area contributed by atoms with Crippen LogP contribution in [0.5, 0.6) is 0 Å². The van der Waals surface area contributed by atoms with Crippen LogP contribution in [0.25, 0.3) is 0 Å². The van der Waals surface area contributed by atoms with Gasteiger partial charge in [-0.15, -0.1) is 24.0 Å². The number of rotatable bonds is 6. The van der Waals surface area contributed by atoms with Crippen LogP contribution in [-0.4, -0.2) is 75.6 Å². The second-order valence-electron chi connectivity index (χ2n) is 7.32. The number of hydrogen-bond acceptors (Lipinski definition) is 5. The lowest BCUT2D eigenvalue weighted by Gasteiger charge is -2.29. The molecule has 3 rings (SSSR count). The summed E-state index contributed by atoms with van der Waals surface area (Å²) in [5.41, 5.74) is 0. The molecule has 1 aromatic heterocycles. The Kier molecular flexibility index (Phi) is 9.24. The third kappa shape index (κ3) is 6.86. The van der Waals surface area contributed by atoms with Crippen molar-refractivity contribution in [1.29, 1.82) is 0 Å². The van der Waals surface area contributed by atoms with Crippen LogP contribution in [0.3, 0.4) is 0 Å². The molecule has 8 nitrogen and oxygen atoms in total. The summed E-state index contributed by atoms with van der Waals surface area (Å²) in [5.74, 6) is 2.84. The standard InChI is InChI=1S/C18H33N7O.HI/c1-3-19-18(20-9-4-10-24-11-7-16(26)8-12-24)22-15-5-6-17-21-14(2)23-25(17)13-15;/h15-16,26H,3-13H2,1-2H3,(H2,19,20,22);1H. The number of fused-ring (bicyclic) bond motifs is 1. The highest BCUT2D eigenvalue weighted by atomic mass is 127. The van der Waals surface area contributed by atoms with Crippen molar-refractivity contribution in [1.82, 2.24) is 30.3 Å². The Labute approximate surface area is 179 Å². The zero-order chi connectivity index (χ0) is 18.4. The van der Waals surface area contributed by atoms with Crippen molar-refractivity contribution < 1.29 is 5.11 Å². The van der Waals surface area contributed by atoms with Gasteiger partial charge < -0.3 is 20.6 Å². The number of nitrogens with one attached hydrogen (secondary N) is 2. The van der Waals surface area contributed by atoms with Crippen LogP contribution in [-0.2, 0) is 13.0 Å². The Hall–Kier alpha value is -0.940. The van der Waals surface area contributed by atoms with E-state index in [9.17, 15) is 5.11 Å². The molecular formula is C18H34IN7O. The normalized spacial score (nSPS) is 21.4. The molecule has 0 spiro atoms. The molecule has 3 N–H and O–H groups in total. The Morgan fingerprint density at radius 3 is 2.81 bits per heavy atom. The van der Waals surface area contributed by atoms with E-state index in [1.165, 1.54) is 0 Å². The first-order valence-electron chi connectivity index (χ1n) is 9.99. The van der Waals surface area contributed by atoms with Crippen LogP contribution >= 0.6 is 24.0 Å². The monoisotopic (exact) mass is 491 g/mol. The van der Waals surface area contributed by atoms with Crippen LogP contribution in [0.4, 0.5) is 0 Å². The number of halogens is 1. The maximum atomic E-state index is 9.57. The average molecular weight is 491 g/mol. The van der Waals surface area contributed by atoms with E-state index in [2.05, 4.69) is 32.5 Å². The molecule has 0 aliphatic carbocycles. The van der Waals surface area contributed by atoms with Crippen LogP contribution in [0.2, 0.25) is 0 Å². The molecule has 0 bridgehead atoms. The highest BCUT2D eigenvalue weighted by molar-refractivity contribution is 14.0. The topological polar surface area (TPSA) is 90.6 Å². The van der Waals surface area contributed by atoms with Gasteiger partial charge in [-0.1, -0.05) is 0 Å². The first-order valence-corrected chi connectivity index (χ1v) is 9.99. The lowest BCUT2D eigenvalue weighted by molar-refractivity contribution is 0.0824. The summed E-state index contributed by atoms with van der Waals surface area (Å²) >= 11 is 0. The maximum Gasteiger partial charge on any atom is 0.191 e. The summed E-state index contributed by atoms with van der Waals surface area (Å²) in [4.78, 5) is 11.6. The second kappa shape index (κ2) is 11.2. The molecule has 0 aromatic carbocycles. The van der Waals surface area contributed by atoms with Crippen molar-refractivity contribution in [2.45, 2.75) is 64.6 Å². The smallest absolute Gasteiger partial charge is 0.191 e. The number of hydrogen-bond donors (Lipinski definition) is 3. The Bertz CT molecular complexity index is 599. The van der Waals surface area contributed by atoms with Gasteiger partial charge in [0, 0.05) is 38.6 Å².